The van der Waals surface area contributed by atoms with Crippen molar-refractivity contribution in [1.82, 2.24) is 0 Å². The Balaban J connectivity index is 3.13. The number of rotatable bonds is 1. The molecule has 0 rings (SSSR count). The molecule has 0 unspecified atom stereocenters. The van der Waals surface area contributed by atoms with E-state index in [0.29, 0.717) is 0 Å². The molecule has 0 aromatic heterocycles. The van der Waals surface area contributed by atoms with Crippen LogP contribution in [0.1, 0.15) is 0 Å². The van der Waals surface area contributed by atoms with Crippen LogP contribution in [0.5, 0.6) is 0 Å². The molecule has 3 nitrogen and oxygen atoms in total. The normalized spacial score (nSPS) is 9.00. The van der Waals surface area contributed by atoms with Crippen molar-refractivity contribution >= 4 is 26.8 Å². The molecule has 7 heavy (non-hydrogen) atoms. The van der Waals surface area contributed by atoms with Crippen LogP contribution in [0.15, 0.2) is 0 Å². The van der Waals surface area contributed by atoms with Gasteiger partial charge in [0.2, 0.25) is 0 Å². The second kappa shape index (κ2) is 3.63. The van der Waals surface area contributed by atoms with Crippen LogP contribution < -0.4 is 5.73 Å². The summed E-state index contributed by atoms with van der Waals surface area (Å²) in [5.41, 5.74) is 4.58. The van der Waals surface area contributed by atoms with E-state index in [-0.39, 0.29) is 0 Å². The van der Waals surface area contributed by atoms with Gasteiger partial charge in [-0.1, -0.05) is 0 Å². The van der Waals surface area contributed by atoms with Gasteiger partial charge in [-0.05, 0) is 0 Å². The fraction of sp³-hybridized carbons (Fsp3) is 0. The standard InChI is InChI=1S/CH3NO2.Mo.2H2S/c2-1(3)4;;;/h2H2,(H,3,4);;2*1H2/q;+3;;/p-3. The molecular weight excluding hydrogens is 218 g/mol. The molecule has 6 heteroatoms. The summed E-state index contributed by atoms with van der Waals surface area (Å²) in [4.78, 5) is 9.75. The van der Waals surface area contributed by atoms with Crippen molar-refractivity contribution in [2.24, 2.45) is 5.73 Å². The monoisotopic (exact) mass is 224 g/mol. The fourth-order valence-electron chi connectivity index (χ4n) is 0.0735. The van der Waals surface area contributed by atoms with Gasteiger partial charge in [0.25, 0.3) is 0 Å². The van der Waals surface area contributed by atoms with Gasteiger partial charge >= 0.3 is 55.8 Å². The van der Waals surface area contributed by atoms with Crippen LogP contribution in [0.4, 0.5) is 4.79 Å². The van der Waals surface area contributed by atoms with Crippen molar-refractivity contribution in [2.45, 2.75) is 0 Å². The van der Waals surface area contributed by atoms with Crippen molar-refractivity contribution < 1.29 is 23.3 Å². The fourth-order valence-corrected chi connectivity index (χ4v) is 1.30. The van der Waals surface area contributed by atoms with Crippen molar-refractivity contribution in [2.75, 3.05) is 0 Å². The summed E-state index contributed by atoms with van der Waals surface area (Å²) >= 11 is -2.06. The topological polar surface area (TPSA) is 52.3 Å². The third kappa shape index (κ3) is 6.66. The second-order valence-electron chi connectivity index (χ2n) is 0.633. The molecule has 0 radical (unpaired) electrons. The van der Waals surface area contributed by atoms with Gasteiger partial charge in [-0.15, -0.1) is 0 Å². The molecular formula is CH4MoNO2S2. The molecule has 1 amide bonds. The Morgan fingerprint density at radius 2 is 2.14 bits per heavy atom. The minimum atomic E-state index is -2.06. The Kier molecular flexibility index (Phi) is 3.98. The molecule has 0 saturated heterocycles. The number of nitrogens with two attached hydrogens (primary N) is 1. The SMILES string of the molecule is NC(=O)[O][Mo]([SH])[SH]. The van der Waals surface area contributed by atoms with Crippen molar-refractivity contribution in [3.63, 3.8) is 0 Å². The van der Waals surface area contributed by atoms with Crippen LogP contribution in [0.3, 0.4) is 0 Å². The molecule has 0 aromatic carbocycles. The van der Waals surface area contributed by atoms with Crippen LogP contribution in [0.25, 0.3) is 0 Å². The molecule has 0 atom stereocenters. The van der Waals surface area contributed by atoms with E-state index in [9.17, 15) is 4.79 Å². The third-order valence-electron chi connectivity index (χ3n) is 0.157. The maximum absolute atomic E-state index is 9.75. The molecule has 0 aliphatic heterocycles. The quantitative estimate of drug-likeness (QED) is 0.441. The van der Waals surface area contributed by atoms with Gasteiger partial charge in [0, 0.05) is 0 Å². The Morgan fingerprint density at radius 3 is 2.14 bits per heavy atom. The van der Waals surface area contributed by atoms with E-state index in [2.05, 4.69) is 29.8 Å². The summed E-state index contributed by atoms with van der Waals surface area (Å²) in [6.45, 7) is 0. The maximum atomic E-state index is 9.75. The van der Waals surface area contributed by atoms with E-state index in [1.54, 1.807) is 0 Å². The zero-order valence-corrected chi connectivity index (χ0v) is 6.99. The molecule has 43 valence electrons. The number of hydrogen-bond acceptors (Lipinski definition) is 4. The van der Waals surface area contributed by atoms with Gasteiger partial charge in [-0.3, -0.25) is 0 Å². The summed E-state index contributed by atoms with van der Waals surface area (Å²) in [6.07, 6.45) is -0.790. The Bertz CT molecular complexity index is 76.1. The molecule has 0 spiro atoms. The van der Waals surface area contributed by atoms with Crippen LogP contribution in [-0.2, 0) is 18.5 Å². The molecule has 0 aliphatic carbocycles. The van der Waals surface area contributed by atoms with Gasteiger partial charge in [-0.2, -0.15) is 0 Å². The van der Waals surface area contributed by atoms with E-state index in [0.717, 1.165) is 0 Å². The number of carbonyl (C=O) groups is 1. The second-order valence-corrected chi connectivity index (χ2v) is 7.81. The summed E-state index contributed by atoms with van der Waals surface area (Å²) in [7, 11) is 7.50. The first-order chi connectivity index (χ1) is 3.13. The summed E-state index contributed by atoms with van der Waals surface area (Å²) in [5.74, 6) is 0. The molecule has 0 heterocycles. The summed E-state index contributed by atoms with van der Waals surface area (Å²) in [6, 6.07) is 0. The predicted molar refractivity (Wildman–Crippen MR) is 28.6 cm³/mol. The van der Waals surface area contributed by atoms with Gasteiger partial charge < -0.3 is 0 Å². The minimum absolute atomic E-state index is 0.790. The predicted octanol–water partition coefficient (Wildman–Crippen LogP) is 0.305. The summed E-state index contributed by atoms with van der Waals surface area (Å²) < 4.78 is 4.29. The van der Waals surface area contributed by atoms with E-state index < -0.39 is 21.2 Å². The first-order valence-corrected chi connectivity index (χ1v) is 8.16. The zero-order chi connectivity index (χ0) is 5.86. The number of thiol groups is 2. The average Bonchev–Trinajstić information content (AvgIpc) is 1.27. The van der Waals surface area contributed by atoms with Gasteiger partial charge in [0.15, 0.2) is 0 Å². The zero-order valence-electron chi connectivity index (χ0n) is 3.20. The van der Waals surface area contributed by atoms with Crippen molar-refractivity contribution in [1.29, 1.82) is 0 Å². The summed E-state index contributed by atoms with van der Waals surface area (Å²) in [5, 5.41) is 0. The number of amides is 1. The van der Waals surface area contributed by atoms with E-state index in [1.165, 1.54) is 0 Å². The third-order valence-corrected chi connectivity index (χ3v) is 1.81. The number of primary amides is 1. The Labute approximate surface area is 55.8 Å². The van der Waals surface area contributed by atoms with Crippen molar-refractivity contribution in [3.8, 4) is 0 Å². The molecule has 0 saturated carbocycles. The van der Waals surface area contributed by atoms with E-state index in [1.807, 2.05) is 0 Å². The Hall–Kier alpha value is 0.658. The molecule has 0 aliphatic rings. The molecule has 0 bridgehead atoms. The molecule has 0 fully saturated rings. The number of hydrogen-bond donors (Lipinski definition) is 3. The first kappa shape index (κ1) is 7.66. The first-order valence-electron chi connectivity index (χ1n) is 1.23. The van der Waals surface area contributed by atoms with Crippen LogP contribution in [0.2, 0.25) is 0 Å². The van der Waals surface area contributed by atoms with Crippen LogP contribution in [0, 0.1) is 0 Å². The number of carbonyl (C=O) groups excluding carboxylic acids is 1. The van der Waals surface area contributed by atoms with Crippen LogP contribution >= 0.6 is 20.7 Å². The average molecular weight is 222 g/mol. The molecule has 2 N–H and O–H groups in total. The van der Waals surface area contributed by atoms with E-state index in [4.69, 9.17) is 0 Å². The van der Waals surface area contributed by atoms with E-state index >= 15 is 0 Å². The van der Waals surface area contributed by atoms with Crippen molar-refractivity contribution in [3.05, 3.63) is 0 Å². The molecule has 0 aromatic rings. The van der Waals surface area contributed by atoms with Gasteiger partial charge in [-0.25, -0.2) is 0 Å². The Morgan fingerprint density at radius 1 is 1.71 bits per heavy atom. The van der Waals surface area contributed by atoms with Gasteiger partial charge in [0.05, 0.1) is 0 Å². The van der Waals surface area contributed by atoms with Crippen LogP contribution in [-0.4, -0.2) is 6.09 Å². The van der Waals surface area contributed by atoms with Gasteiger partial charge in [0.1, 0.15) is 0 Å².